The molecule has 26 heavy (non-hydrogen) atoms. The Morgan fingerprint density at radius 2 is 1.96 bits per heavy atom. The number of carbonyl (C=O) groups is 1. The summed E-state index contributed by atoms with van der Waals surface area (Å²) in [5.41, 5.74) is 2.04. The van der Waals surface area contributed by atoms with Gasteiger partial charge in [-0.1, -0.05) is 18.2 Å². The van der Waals surface area contributed by atoms with E-state index >= 15 is 0 Å². The Morgan fingerprint density at radius 1 is 1.19 bits per heavy atom. The monoisotopic (exact) mass is 352 g/mol. The summed E-state index contributed by atoms with van der Waals surface area (Å²) in [6.45, 7) is 4.72. The molecule has 1 spiro atoms. The molecule has 0 N–H and O–H groups in total. The molecule has 0 bridgehead atoms. The largest absolute Gasteiger partial charge is 0.496 e. The molecule has 2 fully saturated rings. The summed E-state index contributed by atoms with van der Waals surface area (Å²) in [4.78, 5) is 25.0. The van der Waals surface area contributed by atoms with Gasteiger partial charge < -0.3 is 9.64 Å². The third kappa shape index (κ3) is 3.29. The van der Waals surface area contributed by atoms with Crippen molar-refractivity contribution in [1.29, 1.82) is 0 Å². The molecule has 0 atom stereocenters. The zero-order valence-corrected chi connectivity index (χ0v) is 15.1. The van der Waals surface area contributed by atoms with Gasteiger partial charge in [-0.25, -0.2) is 4.98 Å². The van der Waals surface area contributed by atoms with Crippen LogP contribution in [0, 0.1) is 5.41 Å². The van der Waals surface area contributed by atoms with Gasteiger partial charge in [0, 0.05) is 50.7 Å². The Balaban J connectivity index is 1.30. The summed E-state index contributed by atoms with van der Waals surface area (Å²) >= 11 is 0. The van der Waals surface area contributed by atoms with Crippen molar-refractivity contribution in [2.75, 3.05) is 33.3 Å². The minimum absolute atomic E-state index is 0.00171. The maximum atomic E-state index is 12.5. The lowest BCUT2D eigenvalue weighted by Gasteiger charge is -2.54. The van der Waals surface area contributed by atoms with Crippen LogP contribution in [-0.2, 0) is 6.54 Å². The van der Waals surface area contributed by atoms with E-state index < -0.39 is 0 Å². The van der Waals surface area contributed by atoms with Gasteiger partial charge in [0.15, 0.2) is 0 Å². The van der Waals surface area contributed by atoms with Crippen LogP contribution >= 0.6 is 0 Å². The highest BCUT2D eigenvalue weighted by Gasteiger charge is 2.45. The first kappa shape index (κ1) is 17.0. The molecule has 0 saturated carbocycles. The van der Waals surface area contributed by atoms with Crippen molar-refractivity contribution in [3.63, 3.8) is 0 Å². The predicted octanol–water partition coefficient (Wildman–Crippen LogP) is 2.22. The highest BCUT2D eigenvalue weighted by Crippen LogP contribution is 2.41. The summed E-state index contributed by atoms with van der Waals surface area (Å²) < 4.78 is 5.45. The van der Waals surface area contributed by atoms with E-state index in [0.29, 0.717) is 11.1 Å². The number of likely N-dealkylation sites (tertiary alicyclic amines) is 2. The lowest BCUT2D eigenvalue weighted by molar-refractivity contribution is -0.0468. The first-order chi connectivity index (χ1) is 12.7. The number of hydrogen-bond acceptors (Lipinski definition) is 5. The van der Waals surface area contributed by atoms with Crippen LogP contribution in [0.15, 0.2) is 42.9 Å². The Bertz CT molecular complexity index is 764. The number of hydrogen-bond donors (Lipinski definition) is 0. The average Bonchev–Trinajstić information content (AvgIpc) is 2.68. The third-order valence-electron chi connectivity index (χ3n) is 5.60. The number of aromatic nitrogens is 2. The Kier molecular flexibility index (Phi) is 4.59. The van der Waals surface area contributed by atoms with Crippen molar-refractivity contribution >= 4 is 5.91 Å². The first-order valence-electron chi connectivity index (χ1n) is 9.09. The standard InChI is InChI=1S/C20H24N4O2/c1-26-18-5-3-2-4-16(18)13-23-14-20(15-23)6-10-24(11-7-20)19(25)17-12-21-8-9-22-17/h2-5,8-9,12H,6-7,10-11,13-15H2,1H3. The second-order valence-electron chi connectivity index (χ2n) is 7.34. The number of nitrogens with zero attached hydrogens (tertiary/aromatic N) is 4. The van der Waals surface area contributed by atoms with E-state index in [1.165, 1.54) is 5.56 Å². The maximum Gasteiger partial charge on any atom is 0.274 e. The zero-order chi connectivity index (χ0) is 18.0. The Hall–Kier alpha value is -2.47. The normalized spacial score (nSPS) is 19.2. The molecule has 1 aromatic carbocycles. The van der Waals surface area contributed by atoms with Crippen LogP contribution in [-0.4, -0.2) is 59.0 Å². The van der Waals surface area contributed by atoms with Gasteiger partial charge in [-0.2, -0.15) is 0 Å². The quantitative estimate of drug-likeness (QED) is 0.844. The van der Waals surface area contributed by atoms with Crippen molar-refractivity contribution in [2.45, 2.75) is 19.4 Å². The molecular weight excluding hydrogens is 328 g/mol. The van der Waals surface area contributed by atoms with Crippen molar-refractivity contribution in [3.05, 3.63) is 54.1 Å². The summed E-state index contributed by atoms with van der Waals surface area (Å²) in [7, 11) is 1.72. The molecule has 0 unspecified atom stereocenters. The zero-order valence-electron chi connectivity index (χ0n) is 15.1. The number of piperidine rings is 1. The molecule has 1 amide bonds. The van der Waals surface area contributed by atoms with Crippen LogP contribution in [0.2, 0.25) is 0 Å². The van der Waals surface area contributed by atoms with Crippen LogP contribution in [0.4, 0.5) is 0 Å². The molecule has 2 saturated heterocycles. The van der Waals surface area contributed by atoms with Crippen LogP contribution in [0.1, 0.15) is 28.9 Å². The lowest BCUT2D eigenvalue weighted by Crippen LogP contribution is -2.60. The molecule has 4 rings (SSSR count). The van der Waals surface area contributed by atoms with Gasteiger partial charge in [0.2, 0.25) is 0 Å². The lowest BCUT2D eigenvalue weighted by atomic mass is 9.72. The minimum Gasteiger partial charge on any atom is -0.496 e. The molecule has 1 aromatic heterocycles. The molecular formula is C20H24N4O2. The van der Waals surface area contributed by atoms with E-state index in [4.69, 9.17) is 4.74 Å². The summed E-state index contributed by atoms with van der Waals surface area (Å²) in [6, 6.07) is 8.21. The Morgan fingerprint density at radius 3 is 2.65 bits per heavy atom. The number of rotatable bonds is 4. The summed E-state index contributed by atoms with van der Waals surface area (Å²) in [5.74, 6) is 0.955. The second-order valence-corrected chi connectivity index (χ2v) is 7.34. The number of ether oxygens (including phenoxy) is 1. The van der Waals surface area contributed by atoms with Gasteiger partial charge in [0.25, 0.3) is 5.91 Å². The van der Waals surface area contributed by atoms with Gasteiger partial charge >= 0.3 is 0 Å². The molecule has 6 nitrogen and oxygen atoms in total. The van der Waals surface area contributed by atoms with Crippen LogP contribution in [0.5, 0.6) is 5.75 Å². The molecule has 0 radical (unpaired) electrons. The molecule has 0 aliphatic carbocycles. The smallest absolute Gasteiger partial charge is 0.274 e. The van der Waals surface area contributed by atoms with Gasteiger partial charge in [-0.15, -0.1) is 0 Å². The van der Waals surface area contributed by atoms with E-state index in [2.05, 4.69) is 27.0 Å². The van der Waals surface area contributed by atoms with E-state index in [0.717, 1.165) is 51.3 Å². The van der Waals surface area contributed by atoms with Gasteiger partial charge in [-0.3, -0.25) is 14.7 Å². The van der Waals surface area contributed by atoms with Crippen LogP contribution in [0.25, 0.3) is 0 Å². The topological polar surface area (TPSA) is 58.6 Å². The average molecular weight is 352 g/mol. The van der Waals surface area contributed by atoms with E-state index in [1.807, 2.05) is 17.0 Å². The summed E-state index contributed by atoms with van der Waals surface area (Å²) in [5, 5.41) is 0. The van der Waals surface area contributed by atoms with Crippen LogP contribution in [0.3, 0.4) is 0 Å². The SMILES string of the molecule is COc1ccccc1CN1CC2(CCN(C(=O)c3cnccn3)CC2)C1. The van der Waals surface area contributed by atoms with Crippen molar-refractivity contribution in [2.24, 2.45) is 5.41 Å². The summed E-state index contributed by atoms with van der Waals surface area (Å²) in [6.07, 6.45) is 6.82. The predicted molar refractivity (Wildman–Crippen MR) is 97.9 cm³/mol. The molecule has 3 heterocycles. The molecule has 2 aliphatic rings. The van der Waals surface area contributed by atoms with E-state index in [1.54, 1.807) is 25.7 Å². The highest BCUT2D eigenvalue weighted by molar-refractivity contribution is 5.92. The number of carbonyl (C=O) groups excluding carboxylic acids is 1. The van der Waals surface area contributed by atoms with Crippen molar-refractivity contribution in [3.8, 4) is 5.75 Å². The number of para-hydroxylation sites is 1. The highest BCUT2D eigenvalue weighted by atomic mass is 16.5. The Labute approximate surface area is 153 Å². The van der Waals surface area contributed by atoms with Gasteiger partial charge in [0.1, 0.15) is 11.4 Å². The molecule has 2 aromatic rings. The third-order valence-corrected chi connectivity index (χ3v) is 5.60. The van der Waals surface area contributed by atoms with Crippen molar-refractivity contribution in [1.82, 2.24) is 19.8 Å². The second kappa shape index (κ2) is 7.03. The molecule has 6 heteroatoms. The number of amides is 1. The fraction of sp³-hybridized carbons (Fsp3) is 0.450. The van der Waals surface area contributed by atoms with E-state index in [9.17, 15) is 4.79 Å². The fourth-order valence-corrected chi connectivity index (χ4v) is 4.16. The number of benzene rings is 1. The van der Waals surface area contributed by atoms with Gasteiger partial charge in [-0.05, 0) is 24.3 Å². The van der Waals surface area contributed by atoms with Crippen molar-refractivity contribution < 1.29 is 9.53 Å². The van der Waals surface area contributed by atoms with Crippen LogP contribution < -0.4 is 4.74 Å². The fourth-order valence-electron chi connectivity index (χ4n) is 4.16. The number of methoxy groups -OCH3 is 1. The van der Waals surface area contributed by atoms with Gasteiger partial charge in [0.05, 0.1) is 13.3 Å². The first-order valence-corrected chi connectivity index (χ1v) is 9.09. The maximum absolute atomic E-state index is 12.5. The minimum atomic E-state index is -0.00171. The molecule has 2 aliphatic heterocycles. The van der Waals surface area contributed by atoms with E-state index in [-0.39, 0.29) is 5.91 Å². The molecule has 136 valence electrons.